The van der Waals surface area contributed by atoms with Gasteiger partial charge in [0, 0.05) is 0 Å². The molecule has 0 fully saturated rings. The van der Waals surface area contributed by atoms with Crippen LogP contribution in [0.25, 0.3) is 0 Å². The molecule has 0 nitrogen and oxygen atoms in total. The first kappa shape index (κ1) is 13.3. The average Bonchev–Trinajstić information content (AvgIpc) is 2.29. The van der Waals surface area contributed by atoms with Crippen LogP contribution >= 0.6 is 0 Å². The van der Waals surface area contributed by atoms with Gasteiger partial charge >= 0.3 is 0 Å². The Kier molecular flexibility index (Phi) is 3.83. The van der Waals surface area contributed by atoms with Gasteiger partial charge < -0.3 is 0 Å². The summed E-state index contributed by atoms with van der Waals surface area (Å²) >= 11 is 0. The summed E-state index contributed by atoms with van der Waals surface area (Å²) in [5, 5.41) is 0. The van der Waals surface area contributed by atoms with Crippen molar-refractivity contribution in [2.24, 2.45) is 0 Å². The molecule has 0 radical (unpaired) electrons. The molecule has 0 N–H and O–H groups in total. The van der Waals surface area contributed by atoms with Gasteiger partial charge in [0.2, 0.25) is 0 Å². The monoisotopic (exact) mass is 218 g/mol. The van der Waals surface area contributed by atoms with Crippen molar-refractivity contribution in [2.75, 3.05) is 0 Å². The standard InChI is InChI=1S/C16H26/c1-7-15(3,4)13-11-9-10-12-14(13)16(5,6)8-2/h9-12H,7-8H2,1-6H3. The summed E-state index contributed by atoms with van der Waals surface area (Å²) in [6, 6.07) is 8.94. The van der Waals surface area contributed by atoms with Gasteiger partial charge in [-0.1, -0.05) is 65.8 Å². The quantitative estimate of drug-likeness (QED) is 0.662. The topological polar surface area (TPSA) is 0 Å². The number of rotatable bonds is 4. The van der Waals surface area contributed by atoms with E-state index in [0.717, 1.165) is 0 Å². The van der Waals surface area contributed by atoms with E-state index in [9.17, 15) is 0 Å². The Hall–Kier alpha value is -0.780. The predicted molar refractivity (Wildman–Crippen MR) is 73.1 cm³/mol. The minimum absolute atomic E-state index is 0.281. The van der Waals surface area contributed by atoms with E-state index in [0.29, 0.717) is 0 Å². The Balaban J connectivity index is 3.31. The Morgan fingerprint density at radius 1 is 0.750 bits per heavy atom. The average molecular weight is 218 g/mol. The summed E-state index contributed by atoms with van der Waals surface area (Å²) in [6.07, 6.45) is 2.37. The Morgan fingerprint density at radius 3 is 1.31 bits per heavy atom. The zero-order valence-corrected chi connectivity index (χ0v) is 11.7. The highest BCUT2D eigenvalue weighted by atomic mass is 14.3. The molecular weight excluding hydrogens is 192 g/mol. The van der Waals surface area contributed by atoms with E-state index in [1.165, 1.54) is 24.0 Å². The maximum atomic E-state index is 2.34. The Morgan fingerprint density at radius 2 is 1.06 bits per heavy atom. The fourth-order valence-electron chi connectivity index (χ4n) is 2.04. The van der Waals surface area contributed by atoms with Crippen LogP contribution in [0.4, 0.5) is 0 Å². The van der Waals surface area contributed by atoms with Gasteiger partial charge in [-0.15, -0.1) is 0 Å². The van der Waals surface area contributed by atoms with Crippen LogP contribution < -0.4 is 0 Å². The molecule has 1 rings (SSSR count). The zero-order chi connectivity index (χ0) is 12.4. The van der Waals surface area contributed by atoms with Crippen molar-refractivity contribution in [1.29, 1.82) is 0 Å². The van der Waals surface area contributed by atoms with Crippen LogP contribution in [0, 0.1) is 0 Å². The molecule has 0 amide bonds. The fourth-order valence-corrected chi connectivity index (χ4v) is 2.04. The molecule has 0 unspecified atom stereocenters. The van der Waals surface area contributed by atoms with Gasteiger partial charge in [0.1, 0.15) is 0 Å². The maximum absolute atomic E-state index is 2.34. The molecular formula is C16H26. The van der Waals surface area contributed by atoms with Gasteiger partial charge in [-0.05, 0) is 34.8 Å². The van der Waals surface area contributed by atoms with Crippen molar-refractivity contribution >= 4 is 0 Å². The second-order valence-electron chi connectivity index (χ2n) is 6.02. The molecule has 0 saturated heterocycles. The third kappa shape index (κ3) is 2.48. The van der Waals surface area contributed by atoms with E-state index in [4.69, 9.17) is 0 Å². The molecule has 0 atom stereocenters. The maximum Gasteiger partial charge on any atom is -0.0103 e. The molecule has 0 bridgehead atoms. The Bertz CT molecular complexity index is 310. The van der Waals surface area contributed by atoms with Crippen LogP contribution in [0.2, 0.25) is 0 Å². The highest BCUT2D eigenvalue weighted by Crippen LogP contribution is 2.37. The van der Waals surface area contributed by atoms with Gasteiger partial charge in [0.05, 0.1) is 0 Å². The molecule has 0 aliphatic carbocycles. The van der Waals surface area contributed by atoms with Crippen molar-refractivity contribution in [3.05, 3.63) is 35.4 Å². The predicted octanol–water partition coefficient (Wildman–Crippen LogP) is 5.06. The van der Waals surface area contributed by atoms with Crippen molar-refractivity contribution in [3.63, 3.8) is 0 Å². The summed E-state index contributed by atoms with van der Waals surface area (Å²) in [7, 11) is 0. The summed E-state index contributed by atoms with van der Waals surface area (Å²) in [5.41, 5.74) is 3.60. The highest BCUT2D eigenvalue weighted by Gasteiger charge is 2.27. The van der Waals surface area contributed by atoms with Gasteiger partial charge in [0.15, 0.2) is 0 Å². The lowest BCUT2D eigenvalue weighted by molar-refractivity contribution is 0.455. The van der Waals surface area contributed by atoms with Crippen LogP contribution in [0.15, 0.2) is 24.3 Å². The molecule has 0 saturated carbocycles. The van der Waals surface area contributed by atoms with E-state index in [-0.39, 0.29) is 10.8 Å². The summed E-state index contributed by atoms with van der Waals surface area (Å²) in [6.45, 7) is 13.9. The van der Waals surface area contributed by atoms with Crippen LogP contribution in [0.3, 0.4) is 0 Å². The molecule has 1 aromatic carbocycles. The molecule has 0 aliphatic rings. The van der Waals surface area contributed by atoms with E-state index in [1.54, 1.807) is 0 Å². The van der Waals surface area contributed by atoms with Crippen molar-refractivity contribution < 1.29 is 0 Å². The van der Waals surface area contributed by atoms with Crippen molar-refractivity contribution in [1.82, 2.24) is 0 Å². The minimum atomic E-state index is 0.281. The summed E-state index contributed by atoms with van der Waals surface area (Å²) in [4.78, 5) is 0. The van der Waals surface area contributed by atoms with Gasteiger partial charge in [-0.2, -0.15) is 0 Å². The lowest BCUT2D eigenvalue weighted by Crippen LogP contribution is -2.25. The first-order valence-corrected chi connectivity index (χ1v) is 6.45. The summed E-state index contributed by atoms with van der Waals surface area (Å²) < 4.78 is 0. The lowest BCUT2D eigenvalue weighted by Gasteiger charge is -2.33. The molecule has 0 aliphatic heterocycles. The number of hydrogen-bond acceptors (Lipinski definition) is 0. The SMILES string of the molecule is CCC(C)(C)c1ccccc1C(C)(C)CC. The van der Waals surface area contributed by atoms with Crippen molar-refractivity contribution in [3.8, 4) is 0 Å². The van der Waals surface area contributed by atoms with Gasteiger partial charge in [-0.3, -0.25) is 0 Å². The second kappa shape index (κ2) is 4.61. The molecule has 0 heterocycles. The minimum Gasteiger partial charge on any atom is -0.0646 e. The van der Waals surface area contributed by atoms with Crippen LogP contribution in [0.1, 0.15) is 65.5 Å². The third-order valence-electron chi connectivity index (χ3n) is 4.15. The van der Waals surface area contributed by atoms with Crippen molar-refractivity contribution in [2.45, 2.75) is 65.2 Å². The van der Waals surface area contributed by atoms with Crippen LogP contribution in [-0.2, 0) is 10.8 Å². The highest BCUT2D eigenvalue weighted by molar-refractivity contribution is 5.38. The molecule has 16 heavy (non-hydrogen) atoms. The normalized spacial score (nSPS) is 12.9. The smallest absolute Gasteiger partial charge is 0.0103 e. The fraction of sp³-hybridized carbons (Fsp3) is 0.625. The van der Waals surface area contributed by atoms with E-state index >= 15 is 0 Å². The Labute approximate surface area is 101 Å². The zero-order valence-electron chi connectivity index (χ0n) is 11.7. The first-order chi connectivity index (χ1) is 7.35. The largest absolute Gasteiger partial charge is 0.0646 e. The molecule has 0 heteroatoms. The molecule has 90 valence electrons. The van der Waals surface area contributed by atoms with E-state index < -0.39 is 0 Å². The lowest BCUT2D eigenvalue weighted by atomic mass is 9.71. The molecule has 1 aromatic rings. The summed E-state index contributed by atoms with van der Waals surface area (Å²) in [5.74, 6) is 0. The first-order valence-electron chi connectivity index (χ1n) is 6.45. The van der Waals surface area contributed by atoms with Crippen LogP contribution in [-0.4, -0.2) is 0 Å². The van der Waals surface area contributed by atoms with E-state index in [1.807, 2.05) is 0 Å². The second-order valence-corrected chi connectivity index (χ2v) is 6.02. The van der Waals surface area contributed by atoms with E-state index in [2.05, 4.69) is 65.8 Å². The van der Waals surface area contributed by atoms with Gasteiger partial charge in [-0.25, -0.2) is 0 Å². The van der Waals surface area contributed by atoms with Gasteiger partial charge in [0.25, 0.3) is 0 Å². The number of hydrogen-bond donors (Lipinski definition) is 0. The van der Waals surface area contributed by atoms with Crippen LogP contribution in [0.5, 0.6) is 0 Å². The molecule has 0 spiro atoms. The number of benzene rings is 1. The molecule has 0 aromatic heterocycles. The third-order valence-corrected chi connectivity index (χ3v) is 4.15.